The van der Waals surface area contributed by atoms with Crippen molar-refractivity contribution >= 4 is 5.69 Å². The fourth-order valence-corrected chi connectivity index (χ4v) is 4.07. The third kappa shape index (κ3) is 3.01. The van der Waals surface area contributed by atoms with Gasteiger partial charge in [-0.3, -0.25) is 0 Å². The summed E-state index contributed by atoms with van der Waals surface area (Å²) in [6.07, 6.45) is 9.37. The smallest absolute Gasteiger partial charge is 0.0374 e. The number of benzene rings is 1. The van der Waals surface area contributed by atoms with Gasteiger partial charge in [0.25, 0.3) is 0 Å². The molecule has 0 bridgehead atoms. The normalized spacial score (nSPS) is 30.4. The first kappa shape index (κ1) is 13.9. The van der Waals surface area contributed by atoms with Crippen LogP contribution < -0.4 is 10.6 Å². The summed E-state index contributed by atoms with van der Waals surface area (Å²) >= 11 is 0. The van der Waals surface area contributed by atoms with Gasteiger partial charge in [-0.2, -0.15) is 0 Å². The number of para-hydroxylation sites is 1. The predicted molar refractivity (Wildman–Crippen MR) is 86.2 cm³/mol. The van der Waals surface area contributed by atoms with Gasteiger partial charge in [0.2, 0.25) is 0 Å². The molecule has 1 saturated carbocycles. The van der Waals surface area contributed by atoms with Gasteiger partial charge in [-0.15, -0.1) is 0 Å². The van der Waals surface area contributed by atoms with Gasteiger partial charge in [0.15, 0.2) is 0 Å². The summed E-state index contributed by atoms with van der Waals surface area (Å²) in [6, 6.07) is 10.2. The molecule has 3 rings (SSSR count). The van der Waals surface area contributed by atoms with Crippen molar-refractivity contribution in [2.75, 3.05) is 11.9 Å². The van der Waals surface area contributed by atoms with E-state index in [-0.39, 0.29) is 0 Å². The van der Waals surface area contributed by atoms with Crippen LogP contribution in [0.2, 0.25) is 0 Å². The Morgan fingerprint density at radius 1 is 1.10 bits per heavy atom. The predicted octanol–water partition coefficient (Wildman–Crippen LogP) is 3.97. The second-order valence-electron chi connectivity index (χ2n) is 6.41. The van der Waals surface area contributed by atoms with Crippen LogP contribution in [0, 0.1) is 5.92 Å². The van der Waals surface area contributed by atoms with Crippen molar-refractivity contribution in [1.29, 1.82) is 0 Å². The highest BCUT2D eigenvalue weighted by molar-refractivity contribution is 5.52. The summed E-state index contributed by atoms with van der Waals surface area (Å²) in [4.78, 5) is 0. The monoisotopic (exact) mass is 272 g/mol. The van der Waals surface area contributed by atoms with Gasteiger partial charge in [0.1, 0.15) is 0 Å². The lowest BCUT2D eigenvalue weighted by molar-refractivity contribution is 0.262. The van der Waals surface area contributed by atoms with E-state index in [1.807, 2.05) is 0 Å². The fraction of sp³-hybridized carbons (Fsp3) is 0.667. The molecule has 0 amide bonds. The van der Waals surface area contributed by atoms with Crippen LogP contribution in [0.15, 0.2) is 24.3 Å². The number of anilines is 1. The molecular formula is C18H28N2. The van der Waals surface area contributed by atoms with Crippen molar-refractivity contribution in [3.8, 4) is 0 Å². The molecule has 2 heteroatoms. The van der Waals surface area contributed by atoms with E-state index in [1.54, 1.807) is 0 Å². The molecule has 3 unspecified atom stereocenters. The zero-order valence-corrected chi connectivity index (χ0v) is 12.7. The van der Waals surface area contributed by atoms with Crippen molar-refractivity contribution in [2.24, 2.45) is 5.92 Å². The Morgan fingerprint density at radius 2 is 1.95 bits per heavy atom. The van der Waals surface area contributed by atoms with Crippen molar-refractivity contribution in [3.05, 3.63) is 29.8 Å². The standard InChI is InChI=1S/C18H28N2/c1-2-14-8-3-5-10-16(14)20-18-11-6-4-9-15(18)17-12-7-13-19-17/h3,5,8,10,15,17-20H,2,4,6-7,9,11-13H2,1H3. The van der Waals surface area contributed by atoms with E-state index in [4.69, 9.17) is 0 Å². The van der Waals surface area contributed by atoms with Gasteiger partial charge in [-0.1, -0.05) is 38.0 Å². The molecule has 1 aliphatic carbocycles. The Kier molecular flexibility index (Phi) is 4.62. The first-order chi connectivity index (χ1) is 9.88. The molecule has 2 aliphatic rings. The van der Waals surface area contributed by atoms with Crippen LogP contribution >= 0.6 is 0 Å². The highest BCUT2D eigenvalue weighted by Crippen LogP contribution is 2.33. The summed E-state index contributed by atoms with van der Waals surface area (Å²) in [6.45, 7) is 3.47. The van der Waals surface area contributed by atoms with Gasteiger partial charge in [-0.25, -0.2) is 0 Å². The van der Waals surface area contributed by atoms with Gasteiger partial charge in [0.05, 0.1) is 0 Å². The molecule has 3 atom stereocenters. The van der Waals surface area contributed by atoms with E-state index in [1.165, 1.54) is 56.3 Å². The summed E-state index contributed by atoms with van der Waals surface area (Å²) in [5.41, 5.74) is 2.82. The average molecular weight is 272 g/mol. The largest absolute Gasteiger partial charge is 0.382 e. The maximum atomic E-state index is 3.89. The molecule has 0 aromatic heterocycles. The van der Waals surface area contributed by atoms with Crippen LogP contribution in [0.4, 0.5) is 5.69 Å². The molecular weight excluding hydrogens is 244 g/mol. The van der Waals surface area contributed by atoms with Crippen molar-refractivity contribution in [1.82, 2.24) is 5.32 Å². The van der Waals surface area contributed by atoms with Crippen LogP contribution in [-0.4, -0.2) is 18.6 Å². The van der Waals surface area contributed by atoms with E-state index in [0.717, 1.165) is 18.4 Å². The molecule has 20 heavy (non-hydrogen) atoms. The zero-order chi connectivity index (χ0) is 13.8. The Bertz CT molecular complexity index is 423. The Morgan fingerprint density at radius 3 is 2.75 bits per heavy atom. The molecule has 1 saturated heterocycles. The molecule has 0 radical (unpaired) electrons. The summed E-state index contributed by atoms with van der Waals surface area (Å²) in [5.74, 6) is 0.816. The van der Waals surface area contributed by atoms with Crippen LogP contribution in [0.3, 0.4) is 0 Å². The second kappa shape index (κ2) is 6.62. The lowest BCUT2D eigenvalue weighted by Crippen LogP contribution is -2.43. The lowest BCUT2D eigenvalue weighted by Gasteiger charge is -2.37. The highest BCUT2D eigenvalue weighted by atomic mass is 15.0. The molecule has 1 aromatic carbocycles. The van der Waals surface area contributed by atoms with Crippen molar-refractivity contribution in [2.45, 2.75) is 64.0 Å². The Balaban J connectivity index is 1.73. The topological polar surface area (TPSA) is 24.1 Å². The number of hydrogen-bond acceptors (Lipinski definition) is 2. The van der Waals surface area contributed by atoms with Gasteiger partial charge in [0, 0.05) is 17.8 Å². The second-order valence-corrected chi connectivity index (χ2v) is 6.41. The van der Waals surface area contributed by atoms with Crippen LogP contribution in [0.1, 0.15) is 51.0 Å². The van der Waals surface area contributed by atoms with E-state index in [0.29, 0.717) is 6.04 Å². The average Bonchev–Trinajstić information content (AvgIpc) is 3.02. The molecule has 2 fully saturated rings. The van der Waals surface area contributed by atoms with E-state index < -0.39 is 0 Å². The quantitative estimate of drug-likeness (QED) is 0.866. The van der Waals surface area contributed by atoms with Gasteiger partial charge in [-0.05, 0) is 56.2 Å². The van der Waals surface area contributed by atoms with Crippen LogP contribution in [0.25, 0.3) is 0 Å². The molecule has 2 nitrogen and oxygen atoms in total. The Labute approximate surface area is 123 Å². The maximum Gasteiger partial charge on any atom is 0.0374 e. The molecule has 1 aromatic rings. The van der Waals surface area contributed by atoms with E-state index in [2.05, 4.69) is 41.8 Å². The summed E-state index contributed by atoms with van der Waals surface area (Å²) in [5, 5.41) is 7.62. The highest BCUT2D eigenvalue weighted by Gasteiger charge is 2.33. The Hall–Kier alpha value is -1.02. The minimum atomic E-state index is 0.659. The van der Waals surface area contributed by atoms with Gasteiger partial charge >= 0.3 is 0 Å². The van der Waals surface area contributed by atoms with Crippen molar-refractivity contribution in [3.63, 3.8) is 0 Å². The molecule has 0 spiro atoms. The first-order valence-electron chi connectivity index (χ1n) is 8.46. The lowest BCUT2D eigenvalue weighted by atomic mass is 9.79. The molecule has 1 aliphatic heterocycles. The third-order valence-electron chi connectivity index (χ3n) is 5.17. The van der Waals surface area contributed by atoms with Gasteiger partial charge < -0.3 is 10.6 Å². The van der Waals surface area contributed by atoms with E-state index >= 15 is 0 Å². The van der Waals surface area contributed by atoms with Crippen LogP contribution in [-0.2, 0) is 6.42 Å². The zero-order valence-electron chi connectivity index (χ0n) is 12.7. The summed E-state index contributed by atoms with van der Waals surface area (Å²) < 4.78 is 0. The van der Waals surface area contributed by atoms with Crippen LogP contribution in [0.5, 0.6) is 0 Å². The fourth-order valence-electron chi connectivity index (χ4n) is 4.07. The SMILES string of the molecule is CCc1ccccc1NC1CCCCC1C1CCCN1. The minimum Gasteiger partial charge on any atom is -0.382 e. The molecule has 2 N–H and O–H groups in total. The summed E-state index contributed by atoms with van der Waals surface area (Å²) in [7, 11) is 0. The van der Waals surface area contributed by atoms with E-state index in [9.17, 15) is 0 Å². The number of aryl methyl sites for hydroxylation is 1. The van der Waals surface area contributed by atoms with Crippen molar-refractivity contribution < 1.29 is 0 Å². The molecule has 110 valence electrons. The first-order valence-corrected chi connectivity index (χ1v) is 8.46. The molecule has 1 heterocycles. The maximum absolute atomic E-state index is 3.89. The minimum absolute atomic E-state index is 0.659. The third-order valence-corrected chi connectivity index (χ3v) is 5.17. The number of hydrogen-bond donors (Lipinski definition) is 2. The number of nitrogens with one attached hydrogen (secondary N) is 2. The number of rotatable bonds is 4.